The number of methoxy groups -OCH3 is 1. The molecule has 0 aliphatic heterocycles. The number of hydrogen-bond acceptors (Lipinski definition) is 2. The maximum Gasteiger partial charge on any atom is 0.118 e. The Hall–Kier alpha value is -1.02. The summed E-state index contributed by atoms with van der Waals surface area (Å²) in [4.78, 5) is 0. The van der Waals surface area contributed by atoms with Crippen LogP contribution in [0.25, 0.3) is 0 Å². The molecular weight excluding hydrogens is 222 g/mol. The molecule has 2 nitrogen and oxygen atoms in total. The zero-order chi connectivity index (χ0) is 13.6. The molecule has 18 heavy (non-hydrogen) atoms. The molecule has 0 saturated carbocycles. The van der Waals surface area contributed by atoms with Gasteiger partial charge in [0, 0.05) is 6.04 Å². The van der Waals surface area contributed by atoms with Crippen molar-refractivity contribution in [2.75, 3.05) is 7.11 Å². The number of rotatable bonds is 6. The van der Waals surface area contributed by atoms with Gasteiger partial charge < -0.3 is 10.5 Å². The van der Waals surface area contributed by atoms with Gasteiger partial charge in [-0.25, -0.2) is 0 Å². The van der Waals surface area contributed by atoms with Gasteiger partial charge in [-0.05, 0) is 48.8 Å². The molecule has 2 N–H and O–H groups in total. The van der Waals surface area contributed by atoms with Gasteiger partial charge in [-0.3, -0.25) is 0 Å². The molecule has 0 spiro atoms. The van der Waals surface area contributed by atoms with Crippen molar-refractivity contribution in [3.63, 3.8) is 0 Å². The average molecular weight is 249 g/mol. The quantitative estimate of drug-likeness (QED) is 0.832. The molecule has 0 fully saturated rings. The summed E-state index contributed by atoms with van der Waals surface area (Å²) < 4.78 is 5.15. The first-order chi connectivity index (χ1) is 8.40. The number of hydrogen-bond donors (Lipinski definition) is 1. The highest BCUT2D eigenvalue weighted by Gasteiger charge is 2.12. The summed E-state index contributed by atoms with van der Waals surface area (Å²) >= 11 is 0. The fourth-order valence-corrected chi connectivity index (χ4v) is 1.91. The van der Waals surface area contributed by atoms with Crippen LogP contribution in [0.3, 0.4) is 0 Å². The van der Waals surface area contributed by atoms with Gasteiger partial charge in [-0.15, -0.1) is 0 Å². The van der Waals surface area contributed by atoms with E-state index in [-0.39, 0.29) is 0 Å². The molecule has 0 bridgehead atoms. The van der Waals surface area contributed by atoms with Crippen molar-refractivity contribution in [3.8, 4) is 5.75 Å². The van der Waals surface area contributed by atoms with E-state index in [0.717, 1.165) is 25.0 Å². The highest BCUT2D eigenvalue weighted by molar-refractivity contribution is 5.27. The Balaban J connectivity index is 2.31. The Labute approximate surface area is 112 Å². The van der Waals surface area contributed by atoms with E-state index in [2.05, 4.69) is 32.9 Å². The predicted molar refractivity (Wildman–Crippen MR) is 78.0 cm³/mol. The van der Waals surface area contributed by atoms with Crippen LogP contribution in [-0.4, -0.2) is 13.2 Å². The maximum absolute atomic E-state index is 6.16. The molecule has 0 aromatic heterocycles. The van der Waals surface area contributed by atoms with Gasteiger partial charge in [-0.2, -0.15) is 0 Å². The Morgan fingerprint density at radius 2 is 1.72 bits per heavy atom. The zero-order valence-electron chi connectivity index (χ0n) is 12.2. The third-order valence-corrected chi connectivity index (χ3v) is 3.23. The lowest BCUT2D eigenvalue weighted by Crippen LogP contribution is -2.23. The Kier molecular flexibility index (Phi) is 5.67. The van der Waals surface area contributed by atoms with E-state index in [0.29, 0.717) is 11.5 Å². The van der Waals surface area contributed by atoms with E-state index >= 15 is 0 Å². The molecule has 1 atom stereocenters. The highest BCUT2D eigenvalue weighted by atomic mass is 16.5. The van der Waals surface area contributed by atoms with Crippen molar-refractivity contribution < 1.29 is 4.74 Å². The summed E-state index contributed by atoms with van der Waals surface area (Å²) in [5.41, 5.74) is 7.88. The van der Waals surface area contributed by atoms with Crippen LogP contribution in [0.4, 0.5) is 0 Å². The summed E-state index contributed by atoms with van der Waals surface area (Å²) in [5.74, 6) is 0.913. The molecule has 1 aromatic carbocycles. The van der Waals surface area contributed by atoms with Crippen LogP contribution in [0.5, 0.6) is 5.75 Å². The molecule has 0 amide bonds. The standard InChI is InChI=1S/C16H27NO/c1-16(2,3)12-11-14(17)8-5-13-6-9-15(18-4)10-7-13/h6-7,9-10,14H,5,8,11-12,17H2,1-4H3. The molecule has 0 radical (unpaired) electrons. The molecule has 2 heteroatoms. The van der Waals surface area contributed by atoms with E-state index < -0.39 is 0 Å². The van der Waals surface area contributed by atoms with Crippen molar-refractivity contribution in [1.82, 2.24) is 0 Å². The van der Waals surface area contributed by atoms with Gasteiger partial charge in [0.25, 0.3) is 0 Å². The second kappa shape index (κ2) is 6.79. The largest absolute Gasteiger partial charge is 0.497 e. The zero-order valence-corrected chi connectivity index (χ0v) is 12.2. The average Bonchev–Trinajstić information content (AvgIpc) is 2.33. The fourth-order valence-electron chi connectivity index (χ4n) is 1.91. The van der Waals surface area contributed by atoms with E-state index in [9.17, 15) is 0 Å². The lowest BCUT2D eigenvalue weighted by atomic mass is 9.88. The van der Waals surface area contributed by atoms with Gasteiger partial charge in [0.2, 0.25) is 0 Å². The summed E-state index contributed by atoms with van der Waals surface area (Å²) in [6.45, 7) is 6.80. The summed E-state index contributed by atoms with van der Waals surface area (Å²) in [7, 11) is 1.69. The van der Waals surface area contributed by atoms with E-state index in [1.807, 2.05) is 12.1 Å². The number of nitrogens with two attached hydrogens (primary N) is 1. The Morgan fingerprint density at radius 3 is 2.22 bits per heavy atom. The monoisotopic (exact) mass is 249 g/mol. The van der Waals surface area contributed by atoms with E-state index in [1.54, 1.807) is 7.11 Å². The molecule has 1 aromatic rings. The summed E-state index contributed by atoms with van der Waals surface area (Å²) in [6.07, 6.45) is 4.41. The topological polar surface area (TPSA) is 35.2 Å². The molecule has 0 saturated heterocycles. The summed E-state index contributed by atoms with van der Waals surface area (Å²) in [5, 5.41) is 0. The SMILES string of the molecule is COc1ccc(CCC(N)CCC(C)(C)C)cc1. The lowest BCUT2D eigenvalue weighted by Gasteiger charge is -2.20. The number of aryl methyl sites for hydroxylation is 1. The fraction of sp³-hybridized carbons (Fsp3) is 0.625. The minimum atomic E-state index is 0.311. The molecule has 0 aliphatic rings. The first-order valence-corrected chi connectivity index (χ1v) is 6.79. The van der Waals surface area contributed by atoms with Crippen molar-refractivity contribution >= 4 is 0 Å². The van der Waals surface area contributed by atoms with Crippen molar-refractivity contribution in [1.29, 1.82) is 0 Å². The van der Waals surface area contributed by atoms with Crippen molar-refractivity contribution in [3.05, 3.63) is 29.8 Å². The van der Waals surface area contributed by atoms with Crippen LogP contribution < -0.4 is 10.5 Å². The first-order valence-electron chi connectivity index (χ1n) is 6.79. The molecule has 0 aliphatic carbocycles. The molecule has 102 valence electrons. The third kappa shape index (κ3) is 6.06. The van der Waals surface area contributed by atoms with Gasteiger partial charge in [-0.1, -0.05) is 32.9 Å². The number of ether oxygens (including phenoxy) is 1. The van der Waals surface area contributed by atoms with E-state index in [4.69, 9.17) is 10.5 Å². The molecule has 0 heterocycles. The highest BCUT2D eigenvalue weighted by Crippen LogP contribution is 2.22. The Bertz CT molecular complexity index is 337. The normalized spacial score (nSPS) is 13.4. The van der Waals surface area contributed by atoms with Crippen molar-refractivity contribution in [2.45, 2.75) is 52.5 Å². The van der Waals surface area contributed by atoms with Crippen molar-refractivity contribution in [2.24, 2.45) is 11.1 Å². The minimum absolute atomic E-state index is 0.311. The molecular formula is C16H27NO. The van der Waals surface area contributed by atoms with Gasteiger partial charge in [0.15, 0.2) is 0 Å². The minimum Gasteiger partial charge on any atom is -0.497 e. The van der Waals surface area contributed by atoms with Crippen LogP contribution in [-0.2, 0) is 6.42 Å². The molecule has 1 rings (SSSR count). The van der Waals surface area contributed by atoms with Crippen LogP contribution >= 0.6 is 0 Å². The Morgan fingerprint density at radius 1 is 1.11 bits per heavy atom. The second-order valence-corrected chi connectivity index (χ2v) is 6.25. The molecule has 1 unspecified atom stereocenters. The maximum atomic E-state index is 6.16. The third-order valence-electron chi connectivity index (χ3n) is 3.23. The lowest BCUT2D eigenvalue weighted by molar-refractivity contribution is 0.343. The predicted octanol–water partition coefficient (Wildman–Crippen LogP) is 3.78. The van der Waals surface area contributed by atoms with Gasteiger partial charge in [0.05, 0.1) is 7.11 Å². The van der Waals surface area contributed by atoms with Crippen LogP contribution in [0.2, 0.25) is 0 Å². The van der Waals surface area contributed by atoms with Gasteiger partial charge in [0.1, 0.15) is 5.75 Å². The van der Waals surface area contributed by atoms with Crippen LogP contribution in [0, 0.1) is 5.41 Å². The van der Waals surface area contributed by atoms with Crippen LogP contribution in [0.15, 0.2) is 24.3 Å². The second-order valence-electron chi connectivity index (χ2n) is 6.25. The van der Waals surface area contributed by atoms with E-state index in [1.165, 1.54) is 12.0 Å². The smallest absolute Gasteiger partial charge is 0.118 e. The number of benzene rings is 1. The van der Waals surface area contributed by atoms with Gasteiger partial charge >= 0.3 is 0 Å². The summed E-state index contributed by atoms with van der Waals surface area (Å²) in [6, 6.07) is 8.57. The first kappa shape index (κ1) is 15.0. The van der Waals surface area contributed by atoms with Crippen LogP contribution in [0.1, 0.15) is 45.6 Å².